The van der Waals surface area contributed by atoms with Crippen LogP contribution in [0.4, 0.5) is 0 Å². The maximum absolute atomic E-state index is 12.5. The Morgan fingerprint density at radius 3 is 2.85 bits per heavy atom. The highest BCUT2D eigenvalue weighted by molar-refractivity contribution is 5.94. The number of carbonyl (C=O) groups excluding carboxylic acids is 1. The molecule has 2 aromatic heterocycles. The number of H-pyrrole nitrogens is 1. The van der Waals surface area contributed by atoms with E-state index < -0.39 is 0 Å². The predicted octanol–water partition coefficient (Wildman–Crippen LogP) is 1.75. The second-order valence-electron chi connectivity index (χ2n) is 4.85. The Morgan fingerprint density at radius 2 is 2.10 bits per heavy atom. The van der Waals surface area contributed by atoms with Gasteiger partial charge in [0.2, 0.25) is 0 Å². The Labute approximate surface area is 116 Å². The maximum Gasteiger partial charge on any atom is 0.260 e. The van der Waals surface area contributed by atoms with Crippen LogP contribution in [0.2, 0.25) is 0 Å². The van der Waals surface area contributed by atoms with E-state index in [1.165, 1.54) is 6.20 Å². The molecule has 1 N–H and O–H groups in total. The summed E-state index contributed by atoms with van der Waals surface area (Å²) in [5.41, 5.74) is 0.935. The molecule has 20 heavy (non-hydrogen) atoms. The molecule has 0 bridgehead atoms. The minimum absolute atomic E-state index is 0.0325. The molecule has 0 unspecified atom stereocenters. The first kappa shape index (κ1) is 12.6. The number of aromatic nitrogens is 2. The molecule has 102 valence electrons. The number of nitrogens with one attached hydrogen (secondary N) is 1. The van der Waals surface area contributed by atoms with E-state index in [1.807, 2.05) is 12.1 Å². The summed E-state index contributed by atoms with van der Waals surface area (Å²) in [4.78, 5) is 32.6. The molecule has 1 aliphatic rings. The van der Waals surface area contributed by atoms with Gasteiger partial charge < -0.3 is 9.88 Å². The number of amides is 1. The number of rotatable bonds is 2. The smallest absolute Gasteiger partial charge is 0.260 e. The second-order valence-corrected chi connectivity index (χ2v) is 4.85. The molecule has 2 aromatic rings. The highest BCUT2D eigenvalue weighted by Crippen LogP contribution is 2.32. The van der Waals surface area contributed by atoms with E-state index in [9.17, 15) is 9.59 Å². The Hall–Kier alpha value is -2.43. The minimum Gasteiger partial charge on any atom is -0.331 e. The lowest BCUT2D eigenvalue weighted by atomic mass is 10.1. The van der Waals surface area contributed by atoms with Crippen molar-refractivity contribution in [1.29, 1.82) is 0 Å². The van der Waals surface area contributed by atoms with Gasteiger partial charge in [-0.1, -0.05) is 0 Å². The summed E-state index contributed by atoms with van der Waals surface area (Å²) in [7, 11) is 0. The van der Waals surface area contributed by atoms with Crippen molar-refractivity contribution >= 4 is 5.91 Å². The minimum atomic E-state index is -0.335. The lowest BCUT2D eigenvalue weighted by molar-refractivity contribution is 0.0734. The Morgan fingerprint density at radius 1 is 1.30 bits per heavy atom. The van der Waals surface area contributed by atoms with Gasteiger partial charge in [0.15, 0.2) is 0 Å². The summed E-state index contributed by atoms with van der Waals surface area (Å²) in [6, 6.07) is 7.12. The normalized spacial score (nSPS) is 18.2. The van der Waals surface area contributed by atoms with Crippen molar-refractivity contribution in [2.24, 2.45) is 0 Å². The van der Waals surface area contributed by atoms with Crippen LogP contribution in [0.5, 0.6) is 0 Å². The number of hydrogen-bond acceptors (Lipinski definition) is 3. The second kappa shape index (κ2) is 5.28. The topological polar surface area (TPSA) is 66.1 Å². The number of nitrogens with zero attached hydrogens (tertiary/aromatic N) is 2. The monoisotopic (exact) mass is 269 g/mol. The van der Waals surface area contributed by atoms with E-state index in [0.717, 1.165) is 18.4 Å². The first-order chi connectivity index (χ1) is 9.77. The van der Waals surface area contributed by atoms with Crippen molar-refractivity contribution < 1.29 is 4.79 Å². The highest BCUT2D eigenvalue weighted by Gasteiger charge is 2.31. The van der Waals surface area contributed by atoms with Gasteiger partial charge in [-0.2, -0.15) is 0 Å². The summed E-state index contributed by atoms with van der Waals surface area (Å²) in [5, 5.41) is 0. The molecule has 0 aromatic carbocycles. The molecule has 5 heteroatoms. The summed E-state index contributed by atoms with van der Waals surface area (Å²) < 4.78 is 0. The Bertz CT molecular complexity index is 666. The van der Waals surface area contributed by atoms with Gasteiger partial charge in [-0.05, 0) is 42.7 Å². The van der Waals surface area contributed by atoms with E-state index in [0.29, 0.717) is 6.54 Å². The number of aromatic amines is 1. The molecule has 1 saturated heterocycles. The zero-order valence-electron chi connectivity index (χ0n) is 11.0. The summed E-state index contributed by atoms with van der Waals surface area (Å²) >= 11 is 0. The van der Waals surface area contributed by atoms with Crippen molar-refractivity contribution in [3.63, 3.8) is 0 Å². The fraction of sp³-hybridized carbons (Fsp3) is 0.267. The largest absolute Gasteiger partial charge is 0.331 e. The fourth-order valence-corrected chi connectivity index (χ4v) is 2.69. The molecule has 1 atom stereocenters. The molecular weight excluding hydrogens is 254 g/mol. The molecule has 0 saturated carbocycles. The number of pyridine rings is 2. The SMILES string of the molecule is O=C(c1ccc[nH]c1=O)N1CCC[C@H]1c1ccncc1. The summed E-state index contributed by atoms with van der Waals surface area (Å²) in [6.45, 7) is 0.681. The van der Waals surface area contributed by atoms with Gasteiger partial charge >= 0.3 is 0 Å². The molecule has 1 fully saturated rings. The van der Waals surface area contributed by atoms with Gasteiger partial charge in [0, 0.05) is 25.1 Å². The molecule has 5 nitrogen and oxygen atoms in total. The van der Waals surface area contributed by atoms with Crippen LogP contribution in [-0.4, -0.2) is 27.3 Å². The fourth-order valence-electron chi connectivity index (χ4n) is 2.69. The van der Waals surface area contributed by atoms with Crippen molar-refractivity contribution in [2.75, 3.05) is 6.54 Å². The third-order valence-corrected chi connectivity index (χ3v) is 3.65. The van der Waals surface area contributed by atoms with Crippen LogP contribution < -0.4 is 5.56 Å². The van der Waals surface area contributed by atoms with Gasteiger partial charge in [-0.15, -0.1) is 0 Å². The van der Waals surface area contributed by atoms with E-state index in [4.69, 9.17) is 0 Å². The maximum atomic E-state index is 12.5. The van der Waals surface area contributed by atoms with Gasteiger partial charge in [0.1, 0.15) is 5.56 Å². The first-order valence-electron chi connectivity index (χ1n) is 6.66. The predicted molar refractivity (Wildman–Crippen MR) is 74.3 cm³/mol. The van der Waals surface area contributed by atoms with E-state index >= 15 is 0 Å². The average molecular weight is 269 g/mol. The quantitative estimate of drug-likeness (QED) is 0.903. The number of hydrogen-bond donors (Lipinski definition) is 1. The van der Waals surface area contributed by atoms with E-state index in [2.05, 4.69) is 9.97 Å². The number of carbonyl (C=O) groups is 1. The van der Waals surface area contributed by atoms with E-state index in [1.54, 1.807) is 29.4 Å². The standard InChI is InChI=1S/C15H15N3O2/c19-14-12(3-1-7-17-14)15(20)18-10-2-4-13(18)11-5-8-16-9-6-11/h1,3,5-9,13H,2,4,10H2,(H,17,19)/t13-/m0/s1. The van der Waals surface area contributed by atoms with Crippen LogP contribution >= 0.6 is 0 Å². The third-order valence-electron chi connectivity index (χ3n) is 3.65. The van der Waals surface area contributed by atoms with Crippen LogP contribution in [0.1, 0.15) is 34.8 Å². The van der Waals surface area contributed by atoms with Crippen molar-refractivity contribution in [3.8, 4) is 0 Å². The Kier molecular flexibility index (Phi) is 3.33. The van der Waals surface area contributed by atoms with Crippen LogP contribution in [0, 0.1) is 0 Å². The van der Waals surface area contributed by atoms with Gasteiger partial charge in [-0.3, -0.25) is 14.6 Å². The third kappa shape index (κ3) is 2.22. The highest BCUT2D eigenvalue weighted by atomic mass is 16.2. The average Bonchev–Trinajstić information content (AvgIpc) is 2.97. The molecule has 0 aliphatic carbocycles. The molecule has 0 spiro atoms. The zero-order valence-corrected chi connectivity index (χ0v) is 11.0. The Balaban J connectivity index is 1.92. The van der Waals surface area contributed by atoms with Gasteiger partial charge in [-0.25, -0.2) is 0 Å². The van der Waals surface area contributed by atoms with Gasteiger partial charge in [0.25, 0.3) is 11.5 Å². The van der Waals surface area contributed by atoms with Crippen LogP contribution in [-0.2, 0) is 0 Å². The van der Waals surface area contributed by atoms with E-state index in [-0.39, 0.29) is 23.1 Å². The lowest BCUT2D eigenvalue weighted by Crippen LogP contribution is -2.34. The van der Waals surface area contributed by atoms with Crippen molar-refractivity contribution in [2.45, 2.75) is 18.9 Å². The van der Waals surface area contributed by atoms with Crippen molar-refractivity contribution in [1.82, 2.24) is 14.9 Å². The molecule has 3 rings (SSSR count). The van der Waals surface area contributed by atoms with Gasteiger partial charge in [0.05, 0.1) is 6.04 Å². The first-order valence-corrected chi connectivity index (χ1v) is 6.66. The van der Waals surface area contributed by atoms with Crippen LogP contribution in [0.15, 0.2) is 47.7 Å². The number of likely N-dealkylation sites (tertiary alicyclic amines) is 1. The molecule has 3 heterocycles. The van der Waals surface area contributed by atoms with Crippen LogP contribution in [0.3, 0.4) is 0 Å². The molecular formula is C15H15N3O2. The van der Waals surface area contributed by atoms with Crippen LogP contribution in [0.25, 0.3) is 0 Å². The molecule has 1 aliphatic heterocycles. The van der Waals surface area contributed by atoms with Crippen molar-refractivity contribution in [3.05, 3.63) is 64.3 Å². The molecule has 0 radical (unpaired) electrons. The lowest BCUT2D eigenvalue weighted by Gasteiger charge is -2.24. The summed E-state index contributed by atoms with van der Waals surface area (Å²) in [6.07, 6.45) is 6.85. The summed E-state index contributed by atoms with van der Waals surface area (Å²) in [5.74, 6) is -0.203. The zero-order chi connectivity index (χ0) is 13.9. The molecule has 1 amide bonds.